The highest BCUT2D eigenvalue weighted by atomic mass is 15.0. The van der Waals surface area contributed by atoms with E-state index in [0.717, 1.165) is 22.6 Å². The van der Waals surface area contributed by atoms with Crippen LogP contribution < -0.4 is 0 Å². The molecule has 3 rings (SSSR count). The fourth-order valence-electron chi connectivity index (χ4n) is 1.98. The number of benzene rings is 1. The van der Waals surface area contributed by atoms with Gasteiger partial charge >= 0.3 is 0 Å². The standard InChI is InChI=1S/C15H13N3/c1-18-11-14(12-6-3-2-4-7-12)17-15(18)13-8-5-9-16-10-13/h2-11H,1H3. The molecule has 2 heterocycles. The highest BCUT2D eigenvalue weighted by Crippen LogP contribution is 2.23. The molecular formula is C15H13N3. The molecule has 0 aliphatic rings. The summed E-state index contributed by atoms with van der Waals surface area (Å²) in [5, 5.41) is 0. The van der Waals surface area contributed by atoms with Crippen LogP contribution in [0.15, 0.2) is 61.1 Å². The minimum absolute atomic E-state index is 0.932. The predicted molar refractivity (Wildman–Crippen MR) is 71.9 cm³/mol. The van der Waals surface area contributed by atoms with Crippen molar-refractivity contribution in [2.75, 3.05) is 0 Å². The van der Waals surface area contributed by atoms with Gasteiger partial charge in [0, 0.05) is 36.8 Å². The molecule has 0 spiro atoms. The molecule has 0 amide bonds. The average molecular weight is 235 g/mol. The third-order valence-electron chi connectivity index (χ3n) is 2.87. The zero-order chi connectivity index (χ0) is 12.4. The van der Waals surface area contributed by atoms with Crippen molar-refractivity contribution in [2.45, 2.75) is 0 Å². The van der Waals surface area contributed by atoms with Gasteiger partial charge in [-0.25, -0.2) is 4.98 Å². The molecule has 18 heavy (non-hydrogen) atoms. The second-order valence-electron chi connectivity index (χ2n) is 4.17. The topological polar surface area (TPSA) is 30.7 Å². The first-order valence-corrected chi connectivity index (χ1v) is 5.84. The minimum Gasteiger partial charge on any atom is -0.333 e. The summed E-state index contributed by atoms with van der Waals surface area (Å²) in [6.07, 6.45) is 5.64. The lowest BCUT2D eigenvalue weighted by molar-refractivity contribution is 0.923. The van der Waals surface area contributed by atoms with Crippen LogP contribution in [0.4, 0.5) is 0 Å². The van der Waals surface area contributed by atoms with Crippen LogP contribution >= 0.6 is 0 Å². The Morgan fingerprint density at radius 3 is 2.44 bits per heavy atom. The van der Waals surface area contributed by atoms with E-state index in [2.05, 4.69) is 22.1 Å². The van der Waals surface area contributed by atoms with E-state index in [-0.39, 0.29) is 0 Å². The van der Waals surface area contributed by atoms with Crippen LogP contribution in [0.1, 0.15) is 0 Å². The first-order valence-electron chi connectivity index (χ1n) is 5.84. The molecule has 3 nitrogen and oxygen atoms in total. The second-order valence-corrected chi connectivity index (χ2v) is 4.17. The van der Waals surface area contributed by atoms with Gasteiger partial charge in [0.2, 0.25) is 0 Å². The van der Waals surface area contributed by atoms with Gasteiger partial charge in [-0.3, -0.25) is 4.98 Å². The molecule has 1 aromatic carbocycles. The van der Waals surface area contributed by atoms with E-state index in [0.29, 0.717) is 0 Å². The summed E-state index contributed by atoms with van der Waals surface area (Å²) in [5.74, 6) is 0.932. The highest BCUT2D eigenvalue weighted by Gasteiger charge is 2.08. The number of hydrogen-bond acceptors (Lipinski definition) is 2. The summed E-state index contributed by atoms with van der Waals surface area (Å²) in [7, 11) is 2.00. The average Bonchev–Trinajstić information content (AvgIpc) is 2.83. The van der Waals surface area contributed by atoms with Gasteiger partial charge in [-0.2, -0.15) is 0 Å². The molecule has 0 atom stereocenters. The maximum Gasteiger partial charge on any atom is 0.141 e. The SMILES string of the molecule is Cn1cc(-c2ccccc2)nc1-c1cccnc1. The van der Waals surface area contributed by atoms with Gasteiger partial charge in [-0.15, -0.1) is 0 Å². The number of hydrogen-bond donors (Lipinski definition) is 0. The Hall–Kier alpha value is -2.42. The molecule has 0 saturated carbocycles. The molecule has 0 unspecified atom stereocenters. The van der Waals surface area contributed by atoms with E-state index in [1.165, 1.54) is 0 Å². The smallest absolute Gasteiger partial charge is 0.141 e. The Balaban J connectivity index is 2.07. The summed E-state index contributed by atoms with van der Waals surface area (Å²) in [5.41, 5.74) is 3.14. The van der Waals surface area contributed by atoms with Crippen molar-refractivity contribution in [1.82, 2.24) is 14.5 Å². The maximum atomic E-state index is 4.67. The fourth-order valence-corrected chi connectivity index (χ4v) is 1.98. The number of aryl methyl sites for hydroxylation is 1. The number of imidazole rings is 1. The Morgan fingerprint density at radius 1 is 0.944 bits per heavy atom. The van der Waals surface area contributed by atoms with Gasteiger partial charge in [0.15, 0.2) is 0 Å². The van der Waals surface area contributed by atoms with Gasteiger partial charge in [0.05, 0.1) is 5.69 Å². The normalized spacial score (nSPS) is 10.5. The van der Waals surface area contributed by atoms with Crippen LogP contribution in [0.3, 0.4) is 0 Å². The van der Waals surface area contributed by atoms with Crippen molar-refractivity contribution >= 4 is 0 Å². The third-order valence-corrected chi connectivity index (χ3v) is 2.87. The van der Waals surface area contributed by atoms with Crippen molar-refractivity contribution in [2.24, 2.45) is 7.05 Å². The molecule has 3 aromatic rings. The first kappa shape index (κ1) is 10.7. The molecule has 88 valence electrons. The molecule has 0 aliphatic carbocycles. The number of nitrogens with zero attached hydrogens (tertiary/aromatic N) is 3. The van der Waals surface area contributed by atoms with Crippen LogP contribution in [0.5, 0.6) is 0 Å². The maximum absolute atomic E-state index is 4.67. The van der Waals surface area contributed by atoms with E-state index < -0.39 is 0 Å². The van der Waals surface area contributed by atoms with Crippen LogP contribution in [0.25, 0.3) is 22.6 Å². The lowest BCUT2D eigenvalue weighted by Crippen LogP contribution is -1.90. The van der Waals surface area contributed by atoms with E-state index in [1.807, 2.05) is 54.3 Å². The Labute approximate surface area is 106 Å². The number of pyridine rings is 1. The van der Waals surface area contributed by atoms with Crippen LogP contribution in [0.2, 0.25) is 0 Å². The fraction of sp³-hybridized carbons (Fsp3) is 0.0667. The lowest BCUT2D eigenvalue weighted by Gasteiger charge is -1.99. The van der Waals surface area contributed by atoms with Crippen molar-refractivity contribution in [1.29, 1.82) is 0 Å². The van der Waals surface area contributed by atoms with Crippen molar-refractivity contribution < 1.29 is 0 Å². The Kier molecular flexibility index (Phi) is 2.65. The molecular weight excluding hydrogens is 222 g/mol. The number of aromatic nitrogens is 3. The molecule has 0 bridgehead atoms. The van der Waals surface area contributed by atoms with Crippen LogP contribution in [0, 0.1) is 0 Å². The molecule has 0 fully saturated rings. The van der Waals surface area contributed by atoms with Crippen molar-refractivity contribution in [3.8, 4) is 22.6 Å². The number of rotatable bonds is 2. The monoisotopic (exact) mass is 235 g/mol. The van der Waals surface area contributed by atoms with Gasteiger partial charge in [-0.1, -0.05) is 30.3 Å². The summed E-state index contributed by atoms with van der Waals surface area (Å²) < 4.78 is 2.03. The molecule has 0 aliphatic heterocycles. The molecule has 3 heteroatoms. The third kappa shape index (κ3) is 1.91. The molecule has 0 radical (unpaired) electrons. The quantitative estimate of drug-likeness (QED) is 0.683. The minimum atomic E-state index is 0.932. The van der Waals surface area contributed by atoms with Crippen molar-refractivity contribution in [3.05, 3.63) is 61.1 Å². The van der Waals surface area contributed by atoms with Crippen LogP contribution in [-0.2, 0) is 7.05 Å². The predicted octanol–water partition coefficient (Wildman–Crippen LogP) is 3.15. The Morgan fingerprint density at radius 2 is 1.72 bits per heavy atom. The van der Waals surface area contributed by atoms with Gasteiger partial charge in [-0.05, 0) is 12.1 Å². The molecule has 2 aromatic heterocycles. The van der Waals surface area contributed by atoms with E-state index in [4.69, 9.17) is 0 Å². The summed E-state index contributed by atoms with van der Waals surface area (Å²) in [6, 6.07) is 14.1. The van der Waals surface area contributed by atoms with E-state index in [1.54, 1.807) is 6.20 Å². The first-order chi connectivity index (χ1) is 8.84. The van der Waals surface area contributed by atoms with Crippen molar-refractivity contribution in [3.63, 3.8) is 0 Å². The lowest BCUT2D eigenvalue weighted by atomic mass is 10.2. The Bertz CT molecular complexity index is 642. The molecule has 0 N–H and O–H groups in total. The molecule has 0 saturated heterocycles. The zero-order valence-electron chi connectivity index (χ0n) is 10.1. The van der Waals surface area contributed by atoms with E-state index >= 15 is 0 Å². The summed E-state index contributed by atoms with van der Waals surface area (Å²) in [4.78, 5) is 8.80. The van der Waals surface area contributed by atoms with E-state index in [9.17, 15) is 0 Å². The summed E-state index contributed by atoms with van der Waals surface area (Å²) in [6.45, 7) is 0. The largest absolute Gasteiger partial charge is 0.333 e. The second kappa shape index (κ2) is 4.45. The van der Waals surface area contributed by atoms with Gasteiger partial charge in [0.1, 0.15) is 5.82 Å². The zero-order valence-corrected chi connectivity index (χ0v) is 10.1. The summed E-state index contributed by atoms with van der Waals surface area (Å²) >= 11 is 0. The van der Waals surface area contributed by atoms with Gasteiger partial charge < -0.3 is 4.57 Å². The van der Waals surface area contributed by atoms with Crippen LogP contribution in [-0.4, -0.2) is 14.5 Å². The van der Waals surface area contributed by atoms with Gasteiger partial charge in [0.25, 0.3) is 0 Å². The highest BCUT2D eigenvalue weighted by molar-refractivity contribution is 5.64.